The van der Waals surface area contributed by atoms with E-state index in [2.05, 4.69) is 16.0 Å². The maximum Gasteiger partial charge on any atom is 0.253 e. The van der Waals surface area contributed by atoms with Crippen LogP contribution in [0.3, 0.4) is 0 Å². The van der Waals surface area contributed by atoms with E-state index in [0.717, 1.165) is 56.1 Å². The maximum absolute atomic E-state index is 13.0. The Morgan fingerprint density at radius 2 is 1.65 bits per heavy atom. The predicted octanol–water partition coefficient (Wildman–Crippen LogP) is 4.65. The van der Waals surface area contributed by atoms with Crippen molar-refractivity contribution in [2.24, 2.45) is 0 Å². The van der Waals surface area contributed by atoms with Gasteiger partial charge in [0.1, 0.15) is 11.5 Å². The van der Waals surface area contributed by atoms with Crippen molar-refractivity contribution in [1.29, 1.82) is 0 Å². The monoisotopic (exact) mass is 415 g/mol. The zero-order valence-electron chi connectivity index (χ0n) is 18.0. The molecule has 5 heteroatoms. The molecule has 5 nitrogen and oxygen atoms in total. The molecule has 0 bridgehead atoms. The Balaban J connectivity index is 1.26. The Labute approximate surface area is 184 Å². The number of hydrogen-bond donors (Lipinski definition) is 0. The minimum Gasteiger partial charge on any atom is -0.457 e. The van der Waals surface area contributed by atoms with Gasteiger partial charge in [0.25, 0.3) is 5.91 Å². The number of aromatic nitrogens is 1. The van der Waals surface area contributed by atoms with Crippen LogP contribution in [0.5, 0.6) is 11.5 Å². The molecule has 1 fully saturated rings. The molecule has 1 amide bonds. The van der Waals surface area contributed by atoms with Gasteiger partial charge in [-0.25, -0.2) is 0 Å². The first kappa shape index (κ1) is 21.1. The van der Waals surface area contributed by atoms with Gasteiger partial charge in [0.15, 0.2) is 0 Å². The highest BCUT2D eigenvalue weighted by molar-refractivity contribution is 5.94. The van der Waals surface area contributed by atoms with Gasteiger partial charge in [-0.2, -0.15) is 0 Å². The van der Waals surface area contributed by atoms with E-state index in [0.29, 0.717) is 5.56 Å². The van der Waals surface area contributed by atoms with Crippen molar-refractivity contribution in [1.82, 2.24) is 14.8 Å². The molecule has 0 spiro atoms. The van der Waals surface area contributed by atoms with E-state index in [-0.39, 0.29) is 11.9 Å². The summed E-state index contributed by atoms with van der Waals surface area (Å²) in [6, 6.07) is 23.4. The van der Waals surface area contributed by atoms with Gasteiger partial charge in [-0.1, -0.05) is 24.3 Å². The van der Waals surface area contributed by atoms with Crippen LogP contribution in [0.1, 0.15) is 28.9 Å². The van der Waals surface area contributed by atoms with Crippen LogP contribution in [0, 0.1) is 0 Å². The molecule has 0 unspecified atom stereocenters. The van der Waals surface area contributed by atoms with E-state index in [9.17, 15) is 4.79 Å². The lowest BCUT2D eigenvalue weighted by Gasteiger charge is -2.36. The molecule has 3 aromatic rings. The molecule has 31 heavy (non-hydrogen) atoms. The summed E-state index contributed by atoms with van der Waals surface area (Å²) in [4.78, 5) is 21.8. The summed E-state index contributed by atoms with van der Waals surface area (Å²) in [5, 5.41) is 0. The van der Waals surface area contributed by atoms with Gasteiger partial charge in [0.05, 0.1) is 0 Å². The van der Waals surface area contributed by atoms with Crippen LogP contribution in [0.25, 0.3) is 0 Å². The van der Waals surface area contributed by atoms with E-state index in [1.807, 2.05) is 84.9 Å². The molecule has 1 aromatic heterocycles. The van der Waals surface area contributed by atoms with Crippen molar-refractivity contribution in [3.8, 4) is 11.5 Å². The molecule has 0 N–H and O–H groups in total. The molecule has 1 saturated heterocycles. The van der Waals surface area contributed by atoms with Gasteiger partial charge in [-0.15, -0.1) is 0 Å². The fourth-order valence-corrected chi connectivity index (χ4v) is 4.01. The number of amides is 1. The highest BCUT2D eigenvalue weighted by Gasteiger charge is 2.26. The van der Waals surface area contributed by atoms with Crippen molar-refractivity contribution in [2.75, 3.05) is 26.7 Å². The lowest BCUT2D eigenvalue weighted by molar-refractivity contribution is 0.0643. The normalized spacial score (nSPS) is 14.9. The quantitative estimate of drug-likeness (QED) is 0.563. The molecule has 0 aliphatic carbocycles. The van der Waals surface area contributed by atoms with E-state index >= 15 is 0 Å². The second-order valence-corrected chi connectivity index (χ2v) is 8.00. The fraction of sp³-hybridized carbons (Fsp3) is 0.308. The lowest BCUT2D eigenvalue weighted by atomic mass is 10.0. The maximum atomic E-state index is 13.0. The van der Waals surface area contributed by atoms with Crippen molar-refractivity contribution in [2.45, 2.75) is 25.3 Å². The lowest BCUT2D eigenvalue weighted by Crippen LogP contribution is -2.46. The molecule has 4 rings (SSSR count). The van der Waals surface area contributed by atoms with E-state index in [1.165, 1.54) is 0 Å². The summed E-state index contributed by atoms with van der Waals surface area (Å²) >= 11 is 0. The van der Waals surface area contributed by atoms with Crippen LogP contribution >= 0.6 is 0 Å². The molecule has 1 aliphatic rings. The van der Waals surface area contributed by atoms with Crippen LogP contribution in [0.15, 0.2) is 79.0 Å². The SMILES string of the molecule is CN(C(=O)c1ccc(Oc2ccccc2)cc1)C1CCN(CCc2ccccn2)CC1. The first-order chi connectivity index (χ1) is 15.2. The highest BCUT2D eigenvalue weighted by Crippen LogP contribution is 2.23. The van der Waals surface area contributed by atoms with Crippen molar-refractivity contribution >= 4 is 5.91 Å². The molecule has 2 aromatic carbocycles. The topological polar surface area (TPSA) is 45.7 Å². The number of benzene rings is 2. The minimum atomic E-state index is 0.0678. The number of likely N-dealkylation sites (tertiary alicyclic amines) is 1. The Hall–Kier alpha value is -3.18. The third-order valence-corrected chi connectivity index (χ3v) is 5.92. The first-order valence-corrected chi connectivity index (χ1v) is 10.9. The van der Waals surface area contributed by atoms with Crippen LogP contribution < -0.4 is 4.74 Å². The van der Waals surface area contributed by atoms with Crippen molar-refractivity contribution in [3.63, 3.8) is 0 Å². The minimum absolute atomic E-state index is 0.0678. The number of pyridine rings is 1. The van der Waals surface area contributed by atoms with Crippen molar-refractivity contribution in [3.05, 3.63) is 90.3 Å². The first-order valence-electron chi connectivity index (χ1n) is 10.9. The molecule has 1 aliphatic heterocycles. The zero-order valence-corrected chi connectivity index (χ0v) is 18.0. The molecular weight excluding hydrogens is 386 g/mol. The van der Waals surface area contributed by atoms with Crippen LogP contribution in [0.2, 0.25) is 0 Å². The third kappa shape index (κ3) is 5.70. The summed E-state index contributed by atoms with van der Waals surface area (Å²) in [5.74, 6) is 1.58. The van der Waals surface area contributed by atoms with E-state index in [1.54, 1.807) is 0 Å². The smallest absolute Gasteiger partial charge is 0.253 e. The molecule has 160 valence electrons. The highest BCUT2D eigenvalue weighted by atomic mass is 16.5. The Kier molecular flexibility index (Phi) is 6.95. The molecular formula is C26H29N3O2. The second-order valence-electron chi connectivity index (χ2n) is 8.00. The largest absolute Gasteiger partial charge is 0.457 e. The summed E-state index contributed by atoms with van der Waals surface area (Å²) in [6.45, 7) is 3.04. The number of para-hydroxylation sites is 1. The second kappa shape index (κ2) is 10.2. The number of nitrogens with zero attached hydrogens (tertiary/aromatic N) is 3. The van der Waals surface area contributed by atoms with Gasteiger partial charge < -0.3 is 14.5 Å². The number of carbonyl (C=O) groups excluding carboxylic acids is 1. The Bertz CT molecular complexity index is 953. The third-order valence-electron chi connectivity index (χ3n) is 5.92. The molecule has 2 heterocycles. The van der Waals surface area contributed by atoms with Gasteiger partial charge in [0.2, 0.25) is 0 Å². The van der Waals surface area contributed by atoms with E-state index in [4.69, 9.17) is 4.74 Å². The number of piperidine rings is 1. The zero-order chi connectivity index (χ0) is 21.5. The molecule has 0 radical (unpaired) electrons. The Morgan fingerprint density at radius 3 is 2.32 bits per heavy atom. The van der Waals surface area contributed by atoms with Crippen LogP contribution in [0.4, 0.5) is 0 Å². The van der Waals surface area contributed by atoms with E-state index < -0.39 is 0 Å². The average molecular weight is 416 g/mol. The number of rotatable bonds is 7. The van der Waals surface area contributed by atoms with Gasteiger partial charge >= 0.3 is 0 Å². The fourth-order valence-electron chi connectivity index (χ4n) is 4.01. The standard InChI is InChI=1S/C26H29N3O2/c1-28(23-15-19-29(20-16-23)18-14-22-7-5-6-17-27-22)26(30)21-10-12-25(13-11-21)31-24-8-3-2-4-9-24/h2-13,17,23H,14-16,18-20H2,1H3. The number of ether oxygens (including phenoxy) is 1. The van der Waals surface area contributed by atoms with Crippen molar-refractivity contribution < 1.29 is 9.53 Å². The Morgan fingerprint density at radius 1 is 0.968 bits per heavy atom. The predicted molar refractivity (Wildman–Crippen MR) is 122 cm³/mol. The average Bonchev–Trinajstić information content (AvgIpc) is 2.84. The molecule has 0 atom stereocenters. The van der Waals surface area contributed by atoms with Crippen LogP contribution in [-0.4, -0.2) is 53.4 Å². The summed E-state index contributed by atoms with van der Waals surface area (Å²) in [6.07, 6.45) is 4.82. The summed E-state index contributed by atoms with van der Waals surface area (Å²) in [5.41, 5.74) is 1.83. The summed E-state index contributed by atoms with van der Waals surface area (Å²) in [7, 11) is 1.92. The molecule has 0 saturated carbocycles. The van der Waals surface area contributed by atoms with Gasteiger partial charge in [-0.05, 0) is 61.4 Å². The van der Waals surface area contributed by atoms with Gasteiger partial charge in [0, 0.05) is 56.6 Å². The van der Waals surface area contributed by atoms with Crippen LogP contribution in [-0.2, 0) is 6.42 Å². The summed E-state index contributed by atoms with van der Waals surface area (Å²) < 4.78 is 5.82. The van der Waals surface area contributed by atoms with Gasteiger partial charge in [-0.3, -0.25) is 9.78 Å². The number of hydrogen-bond acceptors (Lipinski definition) is 4. The number of carbonyl (C=O) groups is 1.